The number of halogens is 1. The zero-order valence-electron chi connectivity index (χ0n) is 10.1. The van der Waals surface area contributed by atoms with Gasteiger partial charge in [-0.25, -0.2) is 13.1 Å². The molecule has 0 aromatic carbocycles. The number of nitrogens with one attached hydrogen (secondary N) is 2. The fourth-order valence-corrected chi connectivity index (χ4v) is 4.14. The second-order valence-electron chi connectivity index (χ2n) is 4.33. The monoisotopic (exact) mass is 310 g/mol. The fourth-order valence-electron chi connectivity index (χ4n) is 2.06. The topological polar surface area (TPSA) is 58.2 Å². The van der Waals surface area contributed by atoms with Crippen molar-refractivity contribution in [3.8, 4) is 0 Å². The minimum Gasteiger partial charge on any atom is -0.316 e. The van der Waals surface area contributed by atoms with Crippen LogP contribution >= 0.6 is 23.7 Å². The van der Waals surface area contributed by atoms with Crippen LogP contribution in [0.15, 0.2) is 21.7 Å². The number of sulfonamides is 1. The molecule has 1 fully saturated rings. The standard InChI is InChI=1S/C11H18N2O2S2.ClH/c14-17(15,11-4-2-8-16-11)13-7-5-10-3-1-6-12-9-10;/h2,4,8,10,12-13H,1,3,5-7,9H2;1H. The first-order valence-electron chi connectivity index (χ1n) is 5.92. The molecule has 0 radical (unpaired) electrons. The van der Waals surface area contributed by atoms with Crippen LogP contribution in [0.4, 0.5) is 0 Å². The molecule has 1 saturated heterocycles. The molecule has 0 bridgehead atoms. The van der Waals surface area contributed by atoms with Gasteiger partial charge in [-0.1, -0.05) is 6.07 Å². The highest BCUT2D eigenvalue weighted by molar-refractivity contribution is 7.91. The van der Waals surface area contributed by atoms with Crippen LogP contribution in [0.25, 0.3) is 0 Å². The van der Waals surface area contributed by atoms with Crippen molar-refractivity contribution in [2.75, 3.05) is 19.6 Å². The van der Waals surface area contributed by atoms with E-state index in [1.165, 1.54) is 24.2 Å². The molecule has 18 heavy (non-hydrogen) atoms. The van der Waals surface area contributed by atoms with Gasteiger partial charge < -0.3 is 5.32 Å². The van der Waals surface area contributed by atoms with Crippen molar-refractivity contribution in [3.05, 3.63) is 17.5 Å². The van der Waals surface area contributed by atoms with E-state index in [1.54, 1.807) is 17.5 Å². The Bertz CT molecular complexity index is 428. The van der Waals surface area contributed by atoms with Crippen LogP contribution in [0.1, 0.15) is 19.3 Å². The average molecular weight is 311 g/mol. The van der Waals surface area contributed by atoms with Gasteiger partial charge in [-0.2, -0.15) is 0 Å². The van der Waals surface area contributed by atoms with Gasteiger partial charge in [0.15, 0.2) is 0 Å². The average Bonchev–Trinajstić information content (AvgIpc) is 2.84. The summed E-state index contributed by atoms with van der Waals surface area (Å²) in [5.41, 5.74) is 0. The normalized spacial score (nSPS) is 20.3. The van der Waals surface area contributed by atoms with Crippen LogP contribution in [-0.2, 0) is 10.0 Å². The van der Waals surface area contributed by atoms with E-state index in [9.17, 15) is 8.42 Å². The highest BCUT2D eigenvalue weighted by Gasteiger charge is 2.17. The minimum absolute atomic E-state index is 0. The molecule has 1 aromatic heterocycles. The zero-order chi connectivity index (χ0) is 12.1. The van der Waals surface area contributed by atoms with E-state index in [-0.39, 0.29) is 12.4 Å². The third-order valence-electron chi connectivity index (χ3n) is 3.00. The van der Waals surface area contributed by atoms with E-state index in [2.05, 4.69) is 10.0 Å². The van der Waals surface area contributed by atoms with Crippen molar-refractivity contribution in [3.63, 3.8) is 0 Å². The summed E-state index contributed by atoms with van der Waals surface area (Å²) in [7, 11) is -3.27. The summed E-state index contributed by atoms with van der Waals surface area (Å²) < 4.78 is 26.7. The fraction of sp³-hybridized carbons (Fsp3) is 0.636. The van der Waals surface area contributed by atoms with Gasteiger partial charge in [0, 0.05) is 6.54 Å². The van der Waals surface area contributed by atoms with E-state index in [0.717, 1.165) is 19.5 Å². The molecule has 2 N–H and O–H groups in total. The first kappa shape index (κ1) is 15.9. The Morgan fingerprint density at radius 2 is 2.33 bits per heavy atom. The Balaban J connectivity index is 0.00000162. The summed E-state index contributed by atoms with van der Waals surface area (Å²) in [6.45, 7) is 2.64. The molecule has 0 aliphatic carbocycles. The summed E-state index contributed by atoms with van der Waals surface area (Å²) in [4.78, 5) is 0. The third-order valence-corrected chi connectivity index (χ3v) is 5.86. The highest BCUT2D eigenvalue weighted by atomic mass is 35.5. The van der Waals surface area contributed by atoms with E-state index in [0.29, 0.717) is 16.7 Å². The predicted molar refractivity (Wildman–Crippen MR) is 77.0 cm³/mol. The van der Waals surface area contributed by atoms with Crippen molar-refractivity contribution in [2.45, 2.75) is 23.5 Å². The molecule has 0 saturated carbocycles. The van der Waals surface area contributed by atoms with Gasteiger partial charge in [0.05, 0.1) is 0 Å². The second-order valence-corrected chi connectivity index (χ2v) is 7.27. The van der Waals surface area contributed by atoms with E-state index < -0.39 is 10.0 Å². The molecule has 0 spiro atoms. The van der Waals surface area contributed by atoms with Gasteiger partial charge >= 0.3 is 0 Å². The summed E-state index contributed by atoms with van der Waals surface area (Å²) in [6, 6.07) is 3.39. The molecule has 1 aliphatic heterocycles. The van der Waals surface area contributed by atoms with Gasteiger partial charge in [-0.15, -0.1) is 23.7 Å². The van der Waals surface area contributed by atoms with Crippen LogP contribution in [0.3, 0.4) is 0 Å². The maximum atomic E-state index is 11.8. The van der Waals surface area contributed by atoms with Crippen molar-refractivity contribution >= 4 is 33.8 Å². The number of hydrogen-bond acceptors (Lipinski definition) is 4. The Hall–Kier alpha value is -0.140. The SMILES string of the molecule is Cl.O=S(=O)(NCCC1CCCNC1)c1cccs1. The molecular formula is C11H19ClN2O2S2. The third kappa shape index (κ3) is 4.51. The van der Waals surface area contributed by atoms with Crippen molar-refractivity contribution in [2.24, 2.45) is 5.92 Å². The molecule has 4 nitrogen and oxygen atoms in total. The molecule has 7 heteroatoms. The lowest BCUT2D eigenvalue weighted by Crippen LogP contribution is -2.33. The Labute approximate surface area is 119 Å². The lowest BCUT2D eigenvalue weighted by Gasteiger charge is -2.22. The summed E-state index contributed by atoms with van der Waals surface area (Å²) in [5.74, 6) is 0.606. The number of thiophene rings is 1. The van der Waals surface area contributed by atoms with Gasteiger partial charge in [-0.3, -0.25) is 0 Å². The number of hydrogen-bond donors (Lipinski definition) is 2. The van der Waals surface area contributed by atoms with Gasteiger partial charge in [0.1, 0.15) is 4.21 Å². The smallest absolute Gasteiger partial charge is 0.250 e. The van der Waals surface area contributed by atoms with Crippen LogP contribution in [0.2, 0.25) is 0 Å². The molecule has 1 unspecified atom stereocenters. The zero-order valence-corrected chi connectivity index (χ0v) is 12.5. The molecule has 2 rings (SSSR count). The van der Waals surface area contributed by atoms with Crippen molar-refractivity contribution in [1.82, 2.24) is 10.0 Å². The molecule has 1 atom stereocenters. The van der Waals surface area contributed by atoms with E-state index in [4.69, 9.17) is 0 Å². The largest absolute Gasteiger partial charge is 0.316 e. The minimum atomic E-state index is -3.27. The Morgan fingerprint density at radius 3 is 2.94 bits per heavy atom. The van der Waals surface area contributed by atoms with Gasteiger partial charge in [-0.05, 0) is 49.7 Å². The van der Waals surface area contributed by atoms with Gasteiger partial charge in [0.2, 0.25) is 10.0 Å². The first-order valence-corrected chi connectivity index (χ1v) is 8.28. The molecule has 0 amide bonds. The van der Waals surface area contributed by atoms with Crippen molar-refractivity contribution < 1.29 is 8.42 Å². The van der Waals surface area contributed by atoms with Crippen LogP contribution in [0, 0.1) is 5.92 Å². The number of piperidine rings is 1. The molecule has 1 aromatic rings. The maximum Gasteiger partial charge on any atom is 0.250 e. The van der Waals surface area contributed by atoms with E-state index >= 15 is 0 Å². The van der Waals surface area contributed by atoms with Crippen LogP contribution in [0.5, 0.6) is 0 Å². The summed E-state index contributed by atoms with van der Waals surface area (Å²) in [5, 5.41) is 5.11. The number of rotatable bonds is 5. The lowest BCUT2D eigenvalue weighted by atomic mass is 9.96. The summed E-state index contributed by atoms with van der Waals surface area (Å²) in [6.07, 6.45) is 3.31. The van der Waals surface area contributed by atoms with Crippen molar-refractivity contribution in [1.29, 1.82) is 0 Å². The predicted octanol–water partition coefficient (Wildman–Crippen LogP) is 1.84. The Morgan fingerprint density at radius 1 is 1.50 bits per heavy atom. The second kappa shape index (κ2) is 7.45. The quantitative estimate of drug-likeness (QED) is 0.872. The van der Waals surface area contributed by atoms with E-state index in [1.807, 2.05) is 0 Å². The lowest BCUT2D eigenvalue weighted by molar-refractivity contribution is 0.358. The van der Waals surface area contributed by atoms with Gasteiger partial charge in [0.25, 0.3) is 0 Å². The molecule has 104 valence electrons. The molecule has 1 aliphatic rings. The molecule has 2 heterocycles. The Kier molecular flexibility index (Phi) is 6.59. The van der Waals surface area contributed by atoms with Crippen LogP contribution in [-0.4, -0.2) is 28.1 Å². The maximum absolute atomic E-state index is 11.8. The first-order chi connectivity index (χ1) is 8.18. The summed E-state index contributed by atoms with van der Waals surface area (Å²) >= 11 is 1.25. The molecular weight excluding hydrogens is 292 g/mol. The van der Waals surface area contributed by atoms with Crippen LogP contribution < -0.4 is 10.0 Å². The highest BCUT2D eigenvalue weighted by Crippen LogP contribution is 2.16.